The molecule has 0 saturated heterocycles. The predicted molar refractivity (Wildman–Crippen MR) is 80.9 cm³/mol. The van der Waals surface area contributed by atoms with Crippen LogP contribution in [-0.2, 0) is 6.54 Å². The third-order valence-electron chi connectivity index (χ3n) is 3.19. The van der Waals surface area contributed by atoms with Crippen molar-refractivity contribution in [3.63, 3.8) is 0 Å². The largest absolute Gasteiger partial charge is 0.308 e. The molecule has 1 unspecified atom stereocenters. The van der Waals surface area contributed by atoms with Crippen molar-refractivity contribution in [3.05, 3.63) is 47.0 Å². The zero-order chi connectivity index (χ0) is 14.5. The number of halogens is 1. The fourth-order valence-corrected chi connectivity index (χ4v) is 2.40. The molecule has 2 rings (SSSR count). The first-order valence-corrected chi connectivity index (χ1v) is 6.94. The summed E-state index contributed by atoms with van der Waals surface area (Å²) in [5.74, 6) is 0. The van der Waals surface area contributed by atoms with Gasteiger partial charge in [0.05, 0.1) is 29.5 Å². The molecule has 0 aliphatic heterocycles. The van der Waals surface area contributed by atoms with Gasteiger partial charge in [-0.1, -0.05) is 11.6 Å². The molecule has 0 aliphatic carbocycles. The first kappa shape index (κ1) is 15.0. The molecule has 0 spiro atoms. The van der Waals surface area contributed by atoms with Crippen LogP contribution in [0.3, 0.4) is 0 Å². The third-order valence-corrected chi connectivity index (χ3v) is 3.49. The smallest absolute Gasteiger partial charge is 0.0837 e. The number of aromatic nitrogens is 3. The molecule has 0 amide bonds. The molecule has 20 heavy (non-hydrogen) atoms. The van der Waals surface area contributed by atoms with Crippen molar-refractivity contribution >= 4 is 11.6 Å². The minimum absolute atomic E-state index is 0.00941. The lowest BCUT2D eigenvalue weighted by Gasteiger charge is -2.20. The molecule has 5 nitrogen and oxygen atoms in total. The Kier molecular flexibility index (Phi) is 5.11. The second-order valence-electron chi connectivity index (χ2n) is 4.91. The SMILES string of the molecule is CNC(c1ccncc1)c1c(Cl)cnn1CCN(C)C. The van der Waals surface area contributed by atoms with Crippen LogP contribution in [0.15, 0.2) is 30.7 Å². The molecule has 1 N–H and O–H groups in total. The van der Waals surface area contributed by atoms with E-state index in [9.17, 15) is 0 Å². The molecule has 0 saturated carbocycles. The first-order valence-electron chi connectivity index (χ1n) is 6.56. The van der Waals surface area contributed by atoms with E-state index in [0.29, 0.717) is 5.02 Å². The number of hydrogen-bond acceptors (Lipinski definition) is 4. The van der Waals surface area contributed by atoms with Gasteiger partial charge in [0.15, 0.2) is 0 Å². The summed E-state index contributed by atoms with van der Waals surface area (Å²) in [6, 6.07) is 3.98. The number of nitrogens with one attached hydrogen (secondary N) is 1. The minimum Gasteiger partial charge on any atom is -0.308 e. The van der Waals surface area contributed by atoms with E-state index in [4.69, 9.17) is 11.6 Å². The van der Waals surface area contributed by atoms with Crippen molar-refractivity contribution < 1.29 is 0 Å². The van der Waals surface area contributed by atoms with Crippen molar-refractivity contribution in [1.29, 1.82) is 0 Å². The van der Waals surface area contributed by atoms with Gasteiger partial charge in [-0.3, -0.25) is 9.67 Å². The normalized spacial score (nSPS) is 12.8. The van der Waals surface area contributed by atoms with Gasteiger partial charge < -0.3 is 10.2 Å². The van der Waals surface area contributed by atoms with E-state index in [0.717, 1.165) is 24.3 Å². The minimum atomic E-state index is 0.00941. The molecule has 0 bridgehead atoms. The summed E-state index contributed by atoms with van der Waals surface area (Å²) in [6.45, 7) is 1.72. The van der Waals surface area contributed by atoms with Crippen LogP contribution in [0.25, 0.3) is 0 Å². The van der Waals surface area contributed by atoms with Crippen LogP contribution in [-0.4, -0.2) is 47.4 Å². The van der Waals surface area contributed by atoms with Crippen molar-refractivity contribution in [2.24, 2.45) is 0 Å². The Morgan fingerprint density at radius 2 is 2.05 bits per heavy atom. The third kappa shape index (κ3) is 3.36. The van der Waals surface area contributed by atoms with E-state index in [1.54, 1.807) is 18.6 Å². The van der Waals surface area contributed by atoms with Gasteiger partial charge in [0, 0.05) is 18.9 Å². The molecule has 108 valence electrons. The molecular formula is C14H20ClN5. The van der Waals surface area contributed by atoms with Crippen LogP contribution in [0.5, 0.6) is 0 Å². The number of hydrogen-bond donors (Lipinski definition) is 1. The lowest BCUT2D eigenvalue weighted by atomic mass is 10.1. The maximum atomic E-state index is 6.33. The Labute approximate surface area is 124 Å². The van der Waals surface area contributed by atoms with E-state index in [1.165, 1.54) is 0 Å². The van der Waals surface area contributed by atoms with Crippen molar-refractivity contribution in [2.45, 2.75) is 12.6 Å². The lowest BCUT2D eigenvalue weighted by Crippen LogP contribution is -2.25. The van der Waals surface area contributed by atoms with Crippen LogP contribution < -0.4 is 5.32 Å². The van der Waals surface area contributed by atoms with Gasteiger partial charge in [-0.2, -0.15) is 5.10 Å². The summed E-state index contributed by atoms with van der Waals surface area (Å²) >= 11 is 6.33. The summed E-state index contributed by atoms with van der Waals surface area (Å²) in [5, 5.41) is 8.37. The van der Waals surface area contributed by atoms with Crippen molar-refractivity contribution in [3.8, 4) is 0 Å². The molecule has 2 heterocycles. The van der Waals surface area contributed by atoms with Crippen molar-refractivity contribution in [1.82, 2.24) is 25.0 Å². The zero-order valence-electron chi connectivity index (χ0n) is 12.0. The standard InChI is InChI=1S/C14H20ClN5/c1-16-13(11-4-6-17-7-5-11)14-12(15)10-18-20(14)9-8-19(2)3/h4-7,10,13,16H,8-9H2,1-3H3. The van der Waals surface area contributed by atoms with Crippen LogP contribution in [0.2, 0.25) is 5.02 Å². The second kappa shape index (κ2) is 6.83. The highest BCUT2D eigenvalue weighted by molar-refractivity contribution is 6.31. The number of nitrogens with zero attached hydrogens (tertiary/aromatic N) is 4. The van der Waals surface area contributed by atoms with Crippen LogP contribution in [0, 0.1) is 0 Å². The number of pyridine rings is 1. The number of likely N-dealkylation sites (N-methyl/N-ethyl adjacent to an activating group) is 1. The molecule has 0 aromatic carbocycles. The zero-order valence-corrected chi connectivity index (χ0v) is 12.8. The van der Waals surface area contributed by atoms with Crippen molar-refractivity contribution in [2.75, 3.05) is 27.7 Å². The Bertz CT molecular complexity index is 538. The maximum absolute atomic E-state index is 6.33. The Morgan fingerprint density at radius 1 is 1.35 bits per heavy atom. The molecule has 0 aliphatic rings. The maximum Gasteiger partial charge on any atom is 0.0837 e. The van der Waals surface area contributed by atoms with Gasteiger partial charge in [-0.25, -0.2) is 0 Å². The summed E-state index contributed by atoms with van der Waals surface area (Å²) < 4.78 is 1.96. The van der Waals surface area contributed by atoms with Gasteiger partial charge in [0.25, 0.3) is 0 Å². The Balaban J connectivity index is 2.32. The van der Waals surface area contributed by atoms with Gasteiger partial charge >= 0.3 is 0 Å². The van der Waals surface area contributed by atoms with Gasteiger partial charge in [-0.05, 0) is 38.8 Å². The van der Waals surface area contributed by atoms with Crippen LogP contribution in [0.1, 0.15) is 17.3 Å². The fraction of sp³-hybridized carbons (Fsp3) is 0.429. The summed E-state index contributed by atoms with van der Waals surface area (Å²) in [5.41, 5.74) is 2.11. The molecule has 6 heteroatoms. The first-order chi connectivity index (χ1) is 9.63. The highest BCUT2D eigenvalue weighted by Crippen LogP contribution is 2.27. The average molecular weight is 294 g/mol. The van der Waals surface area contributed by atoms with E-state index >= 15 is 0 Å². The fourth-order valence-electron chi connectivity index (χ4n) is 2.15. The van der Waals surface area contributed by atoms with E-state index < -0.39 is 0 Å². The predicted octanol–water partition coefficient (Wildman–Crippen LogP) is 1.80. The van der Waals surface area contributed by atoms with E-state index in [2.05, 4.69) is 20.3 Å². The topological polar surface area (TPSA) is 46.0 Å². The average Bonchev–Trinajstić information content (AvgIpc) is 2.80. The van der Waals surface area contributed by atoms with Gasteiger partial charge in [-0.15, -0.1) is 0 Å². The van der Waals surface area contributed by atoms with E-state index in [1.807, 2.05) is 38.0 Å². The quantitative estimate of drug-likeness (QED) is 0.882. The highest BCUT2D eigenvalue weighted by Gasteiger charge is 2.20. The monoisotopic (exact) mass is 293 g/mol. The summed E-state index contributed by atoms with van der Waals surface area (Å²) in [6.07, 6.45) is 5.28. The Hall–Kier alpha value is -1.43. The molecule has 2 aromatic heterocycles. The number of rotatable bonds is 6. The summed E-state index contributed by atoms with van der Waals surface area (Å²) in [7, 11) is 6.01. The molecule has 0 fully saturated rings. The lowest BCUT2D eigenvalue weighted by molar-refractivity contribution is 0.366. The van der Waals surface area contributed by atoms with Gasteiger partial charge in [0.2, 0.25) is 0 Å². The van der Waals surface area contributed by atoms with Gasteiger partial charge in [0.1, 0.15) is 0 Å². The van der Waals surface area contributed by atoms with Crippen LogP contribution >= 0.6 is 11.6 Å². The van der Waals surface area contributed by atoms with E-state index in [-0.39, 0.29) is 6.04 Å². The molecule has 1 atom stereocenters. The molecule has 2 aromatic rings. The summed E-state index contributed by atoms with van der Waals surface area (Å²) in [4.78, 5) is 6.18. The highest BCUT2D eigenvalue weighted by atomic mass is 35.5. The van der Waals surface area contributed by atoms with Crippen LogP contribution in [0.4, 0.5) is 0 Å². The second-order valence-corrected chi connectivity index (χ2v) is 5.31. The molecule has 0 radical (unpaired) electrons. The molecular weight excluding hydrogens is 274 g/mol. The Morgan fingerprint density at radius 3 is 2.65 bits per heavy atom.